The molecule has 2 amide bonds. The topological polar surface area (TPSA) is 96.7 Å². The van der Waals surface area contributed by atoms with Crippen LogP contribution < -0.4 is 21.3 Å². The second-order valence-electron chi connectivity index (χ2n) is 4.76. The number of benzene rings is 1. The van der Waals surface area contributed by atoms with Crippen molar-refractivity contribution in [2.45, 2.75) is 0 Å². The summed E-state index contributed by atoms with van der Waals surface area (Å²) in [5.74, 6) is -0.715. The van der Waals surface area contributed by atoms with Gasteiger partial charge in [0.25, 0.3) is 0 Å². The third-order valence-corrected chi connectivity index (χ3v) is 3.52. The molecular formula is C14H19ClN4O3. The van der Waals surface area contributed by atoms with Crippen molar-refractivity contribution in [1.29, 1.82) is 0 Å². The quantitative estimate of drug-likeness (QED) is 0.718. The van der Waals surface area contributed by atoms with Gasteiger partial charge in [-0.15, -0.1) is 0 Å². The summed E-state index contributed by atoms with van der Waals surface area (Å²) in [5.41, 5.74) is 6.55. The van der Waals surface area contributed by atoms with Gasteiger partial charge >= 0.3 is 0 Å². The second-order valence-corrected chi connectivity index (χ2v) is 5.17. The number of amides is 2. The molecule has 0 atom stereocenters. The fourth-order valence-electron chi connectivity index (χ4n) is 2.17. The van der Waals surface area contributed by atoms with E-state index in [0.29, 0.717) is 37.0 Å². The number of nitrogens with one attached hydrogen (secondary N) is 2. The Morgan fingerprint density at radius 1 is 1.27 bits per heavy atom. The Labute approximate surface area is 133 Å². The number of carbonyl (C=O) groups excluding carboxylic acids is 2. The van der Waals surface area contributed by atoms with E-state index in [1.165, 1.54) is 0 Å². The average molecular weight is 327 g/mol. The third kappa shape index (κ3) is 4.33. The minimum atomic E-state index is -0.380. The maximum atomic E-state index is 11.9. The van der Waals surface area contributed by atoms with E-state index in [-0.39, 0.29) is 24.9 Å². The molecule has 0 bridgehead atoms. The summed E-state index contributed by atoms with van der Waals surface area (Å²) in [7, 11) is 0. The molecule has 0 radical (unpaired) electrons. The van der Waals surface area contributed by atoms with Crippen molar-refractivity contribution in [3.63, 3.8) is 0 Å². The molecule has 0 unspecified atom stereocenters. The zero-order chi connectivity index (χ0) is 15.9. The smallest absolute Gasteiger partial charge is 0.243 e. The van der Waals surface area contributed by atoms with Crippen LogP contribution in [0.5, 0.6) is 0 Å². The molecule has 1 aliphatic heterocycles. The van der Waals surface area contributed by atoms with Gasteiger partial charge in [-0.2, -0.15) is 0 Å². The molecule has 1 aliphatic rings. The van der Waals surface area contributed by atoms with Crippen LogP contribution in [0.4, 0.5) is 11.4 Å². The molecule has 0 saturated carbocycles. The average Bonchev–Trinajstić information content (AvgIpc) is 2.53. The first-order valence-electron chi connectivity index (χ1n) is 6.99. The third-order valence-electron chi connectivity index (χ3n) is 3.22. The Morgan fingerprint density at radius 2 is 2.00 bits per heavy atom. The molecule has 22 heavy (non-hydrogen) atoms. The summed E-state index contributed by atoms with van der Waals surface area (Å²) in [5, 5.41) is 5.75. The fraction of sp³-hybridized carbons (Fsp3) is 0.429. The SMILES string of the molecule is NCC(=O)NCC(=O)Nc1cccc(Cl)c1N1CCOCC1. The highest BCUT2D eigenvalue weighted by Gasteiger charge is 2.19. The van der Waals surface area contributed by atoms with Gasteiger partial charge in [-0.3, -0.25) is 9.59 Å². The van der Waals surface area contributed by atoms with Crippen molar-refractivity contribution in [3.05, 3.63) is 23.2 Å². The van der Waals surface area contributed by atoms with Gasteiger partial charge in [-0.1, -0.05) is 17.7 Å². The van der Waals surface area contributed by atoms with Gasteiger partial charge < -0.3 is 26.0 Å². The predicted molar refractivity (Wildman–Crippen MR) is 85.2 cm³/mol. The highest BCUT2D eigenvalue weighted by Crippen LogP contribution is 2.34. The molecule has 0 aliphatic carbocycles. The summed E-state index contributed by atoms with van der Waals surface area (Å²) >= 11 is 6.28. The molecule has 1 aromatic carbocycles. The molecule has 1 heterocycles. The minimum absolute atomic E-state index is 0.134. The van der Waals surface area contributed by atoms with Crippen molar-refractivity contribution in [3.8, 4) is 0 Å². The maximum absolute atomic E-state index is 11.9. The number of ether oxygens (including phenoxy) is 1. The van der Waals surface area contributed by atoms with Crippen LogP contribution in [0.2, 0.25) is 5.02 Å². The highest BCUT2D eigenvalue weighted by molar-refractivity contribution is 6.34. The van der Waals surface area contributed by atoms with Crippen LogP contribution >= 0.6 is 11.6 Å². The maximum Gasteiger partial charge on any atom is 0.243 e. The number of hydrogen-bond donors (Lipinski definition) is 3. The van der Waals surface area contributed by atoms with E-state index in [9.17, 15) is 9.59 Å². The standard InChI is InChI=1S/C14H19ClN4O3/c15-10-2-1-3-11(14(10)19-4-6-22-7-5-19)18-13(21)9-17-12(20)8-16/h1-3H,4-9,16H2,(H,17,20)(H,18,21). The minimum Gasteiger partial charge on any atom is -0.378 e. The van der Waals surface area contributed by atoms with Crippen molar-refractivity contribution in [2.24, 2.45) is 5.73 Å². The van der Waals surface area contributed by atoms with Gasteiger partial charge in [0.05, 0.1) is 42.7 Å². The van der Waals surface area contributed by atoms with Gasteiger partial charge in [-0.05, 0) is 12.1 Å². The predicted octanol–water partition coefficient (Wildman–Crippen LogP) is 0.190. The van der Waals surface area contributed by atoms with Gasteiger partial charge in [0.15, 0.2) is 0 Å². The lowest BCUT2D eigenvalue weighted by atomic mass is 10.2. The van der Waals surface area contributed by atoms with E-state index >= 15 is 0 Å². The Kier molecular flexibility index (Phi) is 6.00. The zero-order valence-corrected chi connectivity index (χ0v) is 12.9. The first-order valence-corrected chi connectivity index (χ1v) is 7.37. The van der Waals surface area contributed by atoms with Crippen LogP contribution in [-0.2, 0) is 14.3 Å². The molecule has 0 aromatic heterocycles. The van der Waals surface area contributed by atoms with Crippen LogP contribution in [0.25, 0.3) is 0 Å². The van der Waals surface area contributed by atoms with E-state index in [0.717, 1.165) is 5.69 Å². The van der Waals surface area contributed by atoms with E-state index in [4.69, 9.17) is 22.1 Å². The fourth-order valence-corrected chi connectivity index (χ4v) is 2.46. The molecule has 8 heteroatoms. The second kappa shape index (κ2) is 7.98. The molecule has 0 spiro atoms. The van der Waals surface area contributed by atoms with Gasteiger partial charge in [0, 0.05) is 13.1 Å². The molecule has 7 nitrogen and oxygen atoms in total. The van der Waals surface area contributed by atoms with Gasteiger partial charge in [-0.25, -0.2) is 0 Å². The van der Waals surface area contributed by atoms with Crippen LogP contribution in [0, 0.1) is 0 Å². The summed E-state index contributed by atoms with van der Waals surface area (Å²) in [6.45, 7) is 2.36. The normalized spacial score (nSPS) is 14.5. The Bertz CT molecular complexity index is 547. The number of para-hydroxylation sites is 1. The van der Waals surface area contributed by atoms with Crippen molar-refractivity contribution in [2.75, 3.05) is 49.6 Å². The molecule has 120 valence electrons. The lowest BCUT2D eigenvalue weighted by Crippen LogP contribution is -2.38. The number of nitrogens with two attached hydrogens (primary N) is 1. The van der Waals surface area contributed by atoms with E-state index in [1.807, 2.05) is 0 Å². The molecule has 2 rings (SSSR count). The number of anilines is 2. The Balaban J connectivity index is 2.08. The lowest BCUT2D eigenvalue weighted by Gasteiger charge is -2.31. The molecular weight excluding hydrogens is 308 g/mol. The summed E-state index contributed by atoms with van der Waals surface area (Å²) < 4.78 is 5.33. The van der Waals surface area contributed by atoms with Gasteiger partial charge in [0.2, 0.25) is 11.8 Å². The highest BCUT2D eigenvalue weighted by atomic mass is 35.5. The molecule has 1 aromatic rings. The first kappa shape index (κ1) is 16.5. The number of halogens is 1. The van der Waals surface area contributed by atoms with E-state index in [2.05, 4.69) is 15.5 Å². The molecule has 1 fully saturated rings. The zero-order valence-electron chi connectivity index (χ0n) is 12.1. The largest absolute Gasteiger partial charge is 0.378 e. The summed E-state index contributed by atoms with van der Waals surface area (Å²) in [6, 6.07) is 5.32. The van der Waals surface area contributed by atoms with Crippen molar-refractivity contribution < 1.29 is 14.3 Å². The van der Waals surface area contributed by atoms with Gasteiger partial charge in [0.1, 0.15) is 0 Å². The monoisotopic (exact) mass is 326 g/mol. The van der Waals surface area contributed by atoms with Crippen LogP contribution in [-0.4, -0.2) is 51.2 Å². The number of hydrogen-bond acceptors (Lipinski definition) is 5. The first-order chi connectivity index (χ1) is 10.6. The van der Waals surface area contributed by atoms with E-state index < -0.39 is 0 Å². The number of carbonyl (C=O) groups is 2. The summed E-state index contributed by atoms with van der Waals surface area (Å²) in [4.78, 5) is 25.1. The van der Waals surface area contributed by atoms with Crippen LogP contribution in [0.1, 0.15) is 0 Å². The molecule has 1 saturated heterocycles. The van der Waals surface area contributed by atoms with Crippen LogP contribution in [0.15, 0.2) is 18.2 Å². The number of rotatable bonds is 5. The number of nitrogens with zero attached hydrogens (tertiary/aromatic N) is 1. The summed E-state index contributed by atoms with van der Waals surface area (Å²) in [6.07, 6.45) is 0. The lowest BCUT2D eigenvalue weighted by molar-refractivity contribution is -0.123. The van der Waals surface area contributed by atoms with Crippen LogP contribution in [0.3, 0.4) is 0 Å². The Hall–Kier alpha value is -1.83. The van der Waals surface area contributed by atoms with E-state index in [1.54, 1.807) is 18.2 Å². The molecule has 4 N–H and O–H groups in total. The Morgan fingerprint density at radius 3 is 2.68 bits per heavy atom. The van der Waals surface area contributed by atoms with Crippen molar-refractivity contribution >= 4 is 34.8 Å². The van der Waals surface area contributed by atoms with Crippen molar-refractivity contribution in [1.82, 2.24) is 5.32 Å². The number of morpholine rings is 1.